The highest BCUT2D eigenvalue weighted by molar-refractivity contribution is 5.97. The van der Waals surface area contributed by atoms with Gasteiger partial charge in [-0.1, -0.05) is 42.5 Å². The second-order valence-corrected chi connectivity index (χ2v) is 10.9. The van der Waals surface area contributed by atoms with E-state index in [1.54, 1.807) is 26.8 Å². The quantitative estimate of drug-likeness (QED) is 0.306. The number of alkyl carbamates (subject to hydrolysis) is 1. The van der Waals surface area contributed by atoms with Gasteiger partial charge in [-0.25, -0.2) is 14.0 Å². The lowest BCUT2D eigenvalue weighted by atomic mass is 9.82. The fourth-order valence-electron chi connectivity index (χ4n) is 5.20. The Morgan fingerprint density at radius 2 is 1.73 bits per heavy atom. The number of carbonyl (C=O) groups excluding carboxylic acids is 3. The third-order valence-corrected chi connectivity index (χ3v) is 6.96. The van der Waals surface area contributed by atoms with Crippen LogP contribution in [0.25, 0.3) is 0 Å². The Morgan fingerprint density at radius 1 is 1.05 bits per heavy atom. The number of hydrogen-bond donors (Lipinski definition) is 1. The predicted octanol–water partition coefficient (Wildman–Crippen LogP) is 1.43. The minimum absolute atomic E-state index is 0. The molecular weight excluding hydrogens is 543 g/mol. The van der Waals surface area contributed by atoms with Crippen LogP contribution in [0.3, 0.4) is 0 Å². The summed E-state index contributed by atoms with van der Waals surface area (Å²) in [5, 5.41) is 2.55. The maximum absolute atomic E-state index is 14.0. The van der Waals surface area contributed by atoms with Crippen molar-refractivity contribution in [2.24, 2.45) is 5.92 Å². The molecule has 2 aromatic carbocycles. The molecule has 7 nitrogen and oxygen atoms in total. The number of nitrogens with one attached hydrogen (secondary N) is 1. The van der Waals surface area contributed by atoms with Crippen molar-refractivity contribution in [1.29, 1.82) is 0 Å². The molecule has 0 saturated carbocycles. The molecule has 2 aromatic rings. The number of amides is 1. The smallest absolute Gasteiger partial charge is 0.408 e. The molecule has 0 aliphatic carbocycles. The van der Waals surface area contributed by atoms with Crippen LogP contribution in [-0.2, 0) is 14.3 Å². The number of piperidine rings is 3. The van der Waals surface area contributed by atoms with E-state index in [1.807, 2.05) is 30.3 Å². The van der Waals surface area contributed by atoms with Gasteiger partial charge in [0, 0.05) is 24.3 Å². The number of carbonyl (C=O) groups is 3. The summed E-state index contributed by atoms with van der Waals surface area (Å²) >= 11 is 0. The average Bonchev–Trinajstić information content (AvgIpc) is 2.82. The van der Waals surface area contributed by atoms with E-state index in [0.717, 1.165) is 25.9 Å². The summed E-state index contributed by atoms with van der Waals surface area (Å²) in [5.74, 6) is -0.929. The van der Waals surface area contributed by atoms with Gasteiger partial charge in [0.15, 0.2) is 12.1 Å². The highest BCUT2D eigenvalue weighted by Crippen LogP contribution is 2.36. The summed E-state index contributed by atoms with van der Waals surface area (Å²) in [6.45, 7) is 7.77. The Morgan fingerprint density at radius 3 is 2.35 bits per heavy atom. The summed E-state index contributed by atoms with van der Waals surface area (Å²) in [4.78, 5) is 38.8. The second-order valence-electron chi connectivity index (χ2n) is 10.9. The van der Waals surface area contributed by atoms with Gasteiger partial charge in [0.05, 0.1) is 13.1 Å². The van der Waals surface area contributed by atoms with Crippen LogP contribution >= 0.6 is 0 Å². The maximum atomic E-state index is 14.0. The maximum Gasteiger partial charge on any atom is 0.408 e. The number of nitrogens with zero attached hydrogens (tertiary/aromatic N) is 1. The number of esters is 1. The van der Waals surface area contributed by atoms with Crippen LogP contribution < -0.4 is 22.3 Å². The molecule has 37 heavy (non-hydrogen) atoms. The number of Topliss-reactive ketones (excluding diaryl/α,β-unsaturated/α-hetero) is 1. The van der Waals surface area contributed by atoms with Crippen LogP contribution in [0.5, 0.6) is 0 Å². The second kappa shape index (κ2) is 11.7. The summed E-state index contributed by atoms with van der Waals surface area (Å²) in [6.07, 6.45) is 0.522. The highest BCUT2D eigenvalue weighted by atomic mass is 79.9. The number of hydrogen-bond acceptors (Lipinski definition) is 5. The van der Waals surface area contributed by atoms with Crippen molar-refractivity contribution in [1.82, 2.24) is 5.32 Å². The molecule has 1 amide bonds. The summed E-state index contributed by atoms with van der Waals surface area (Å²) in [5.41, 5.74) is 0.187. The van der Waals surface area contributed by atoms with E-state index in [2.05, 4.69) is 5.32 Å². The number of quaternary nitrogens is 1. The van der Waals surface area contributed by atoms with Crippen LogP contribution in [0.1, 0.15) is 55.6 Å². The lowest BCUT2D eigenvalue weighted by molar-refractivity contribution is -0.938. The van der Waals surface area contributed by atoms with Crippen LogP contribution in [0.2, 0.25) is 0 Å². The van der Waals surface area contributed by atoms with Crippen molar-refractivity contribution >= 4 is 17.8 Å². The lowest BCUT2D eigenvalue weighted by Crippen LogP contribution is -3.00. The fourth-order valence-corrected chi connectivity index (χ4v) is 5.20. The zero-order chi connectivity index (χ0) is 25.9. The first-order valence-corrected chi connectivity index (χ1v) is 12.4. The molecule has 5 rings (SSSR count). The van der Waals surface area contributed by atoms with E-state index in [1.165, 1.54) is 18.2 Å². The molecule has 200 valence electrons. The largest absolute Gasteiger partial charge is 1.00 e. The summed E-state index contributed by atoms with van der Waals surface area (Å²) in [7, 11) is 0. The van der Waals surface area contributed by atoms with Gasteiger partial charge >= 0.3 is 12.1 Å². The van der Waals surface area contributed by atoms with E-state index in [-0.39, 0.29) is 40.4 Å². The Bertz CT molecular complexity index is 1110. The fraction of sp³-hybridized carbons (Fsp3) is 0.464. The van der Waals surface area contributed by atoms with E-state index < -0.39 is 29.5 Å². The van der Waals surface area contributed by atoms with E-state index in [9.17, 15) is 18.8 Å². The minimum Gasteiger partial charge on any atom is -1.00 e. The molecule has 0 spiro atoms. The number of ether oxygens (including phenoxy) is 2. The van der Waals surface area contributed by atoms with Crippen LogP contribution in [0, 0.1) is 11.7 Å². The Labute approximate surface area is 227 Å². The molecule has 3 heterocycles. The van der Waals surface area contributed by atoms with E-state index >= 15 is 0 Å². The lowest BCUT2D eigenvalue weighted by Gasteiger charge is -2.51. The first-order chi connectivity index (χ1) is 17.0. The van der Waals surface area contributed by atoms with Crippen molar-refractivity contribution < 1.29 is 49.7 Å². The molecule has 3 fully saturated rings. The molecule has 2 atom stereocenters. The topological polar surface area (TPSA) is 81.7 Å². The molecule has 3 aliphatic rings. The van der Waals surface area contributed by atoms with Crippen molar-refractivity contribution in [3.63, 3.8) is 0 Å². The van der Waals surface area contributed by atoms with E-state index in [4.69, 9.17) is 9.47 Å². The SMILES string of the molecule is CC(C)(C)OC(=O)NC(C(=O)O[C@H]1C[N+]2(CC(=O)c3ccccc3)CCC1CC2)c1cccc(F)c1.[Br-]. The van der Waals surface area contributed by atoms with Crippen LogP contribution in [-0.4, -0.2) is 60.2 Å². The number of rotatable bonds is 7. The summed E-state index contributed by atoms with van der Waals surface area (Å²) in [6, 6.07) is 13.5. The molecule has 3 saturated heterocycles. The molecule has 3 aliphatic heterocycles. The highest BCUT2D eigenvalue weighted by Gasteiger charge is 2.49. The first kappa shape index (κ1) is 28.8. The third kappa shape index (κ3) is 7.38. The van der Waals surface area contributed by atoms with Crippen molar-refractivity contribution in [3.8, 4) is 0 Å². The molecular formula is C28H34BrFN2O5. The zero-order valence-electron chi connectivity index (χ0n) is 21.4. The number of fused-ring (bicyclic) bond motifs is 3. The minimum atomic E-state index is -1.22. The average molecular weight is 577 g/mol. The normalized spacial score (nSPS) is 23.4. The van der Waals surface area contributed by atoms with Gasteiger partial charge in [-0.2, -0.15) is 0 Å². The standard InChI is InChI=1S/C28H33FN2O5.BrH/c1-28(2,3)36-27(34)30-25(21-10-7-11-22(29)16-21)26(33)35-24-18-31(14-12-20(24)13-15-31)17-23(32)19-8-5-4-6-9-19;/h4-11,16,20,24-25H,12-15,17-18H2,1-3H3;1H/t20?,24-,25?,31?;/m0./s1. The number of halogens is 2. The Balaban J connectivity index is 0.00000380. The van der Waals surface area contributed by atoms with Gasteiger partial charge in [-0.15, -0.1) is 0 Å². The summed E-state index contributed by atoms with van der Waals surface area (Å²) < 4.78 is 25.8. The molecule has 1 unspecified atom stereocenters. The van der Waals surface area contributed by atoms with E-state index in [0.29, 0.717) is 23.1 Å². The molecule has 0 radical (unpaired) electrons. The first-order valence-electron chi connectivity index (χ1n) is 12.4. The molecule has 2 bridgehead atoms. The Hall–Kier alpha value is -2.78. The molecule has 9 heteroatoms. The predicted molar refractivity (Wildman–Crippen MR) is 132 cm³/mol. The van der Waals surface area contributed by atoms with Crippen molar-refractivity contribution in [3.05, 3.63) is 71.5 Å². The van der Waals surface area contributed by atoms with Gasteiger partial charge < -0.3 is 36.3 Å². The zero-order valence-corrected chi connectivity index (χ0v) is 23.0. The monoisotopic (exact) mass is 576 g/mol. The van der Waals surface area contributed by atoms with Crippen LogP contribution in [0.15, 0.2) is 54.6 Å². The van der Waals surface area contributed by atoms with Crippen molar-refractivity contribution in [2.45, 2.75) is 51.4 Å². The Kier molecular flexibility index (Phi) is 9.13. The van der Waals surface area contributed by atoms with Gasteiger partial charge in [-0.3, -0.25) is 4.79 Å². The van der Waals surface area contributed by atoms with Gasteiger partial charge in [0.1, 0.15) is 24.5 Å². The third-order valence-electron chi connectivity index (χ3n) is 6.96. The van der Waals surface area contributed by atoms with Gasteiger partial charge in [-0.05, 0) is 38.5 Å². The molecule has 0 aromatic heterocycles. The molecule has 1 N–H and O–H groups in total. The number of benzene rings is 2. The van der Waals surface area contributed by atoms with Gasteiger partial charge in [0.25, 0.3) is 0 Å². The number of ketones is 1. The van der Waals surface area contributed by atoms with Crippen molar-refractivity contribution in [2.75, 3.05) is 26.2 Å². The van der Waals surface area contributed by atoms with Gasteiger partial charge in [0.2, 0.25) is 5.78 Å². The van der Waals surface area contributed by atoms with Crippen LogP contribution in [0.4, 0.5) is 9.18 Å².